The summed E-state index contributed by atoms with van der Waals surface area (Å²) >= 11 is 5.14. The highest BCUT2D eigenvalue weighted by Crippen LogP contribution is 2.30. The Kier molecular flexibility index (Phi) is 5.57. The maximum Gasteiger partial charge on any atom is 0.192 e. The van der Waals surface area contributed by atoms with Gasteiger partial charge in [-0.25, -0.2) is 9.97 Å². The molecule has 1 heterocycles. The van der Waals surface area contributed by atoms with E-state index in [1.54, 1.807) is 18.0 Å². The number of benzene rings is 1. The molecular weight excluding hydrogens is 334 g/mol. The van der Waals surface area contributed by atoms with Crippen molar-refractivity contribution in [3.05, 3.63) is 46.2 Å². The van der Waals surface area contributed by atoms with Gasteiger partial charge in [0.1, 0.15) is 0 Å². The van der Waals surface area contributed by atoms with Crippen LogP contribution in [-0.2, 0) is 6.54 Å². The fraction of sp³-hybridized carbons (Fsp3) is 0.333. The summed E-state index contributed by atoms with van der Waals surface area (Å²) in [4.78, 5) is 9.95. The Morgan fingerprint density at radius 1 is 1.30 bits per heavy atom. The molecule has 0 saturated carbocycles. The zero-order chi connectivity index (χ0) is 14.5. The lowest BCUT2D eigenvalue weighted by Gasteiger charge is -2.12. The van der Waals surface area contributed by atoms with Crippen LogP contribution in [0.25, 0.3) is 0 Å². The van der Waals surface area contributed by atoms with E-state index in [4.69, 9.17) is 0 Å². The minimum atomic E-state index is 0.460. The Morgan fingerprint density at radius 2 is 2.10 bits per heavy atom. The number of aromatic nitrogens is 2. The molecule has 106 valence electrons. The molecule has 2 rings (SSSR count). The number of aryl methyl sites for hydroxylation is 1. The van der Waals surface area contributed by atoms with Gasteiger partial charge in [-0.05, 0) is 48.5 Å². The van der Waals surface area contributed by atoms with Crippen molar-refractivity contribution in [2.75, 3.05) is 0 Å². The van der Waals surface area contributed by atoms with Crippen molar-refractivity contribution in [1.29, 1.82) is 0 Å². The SMILES string of the molecule is Cc1ccnc(Sc2ccc(Br)cc2CNC(C)C)n1. The third kappa shape index (κ3) is 4.58. The molecule has 2 aromatic rings. The first-order valence-corrected chi connectivity index (χ1v) is 8.15. The molecule has 0 unspecified atom stereocenters. The average molecular weight is 352 g/mol. The lowest BCUT2D eigenvalue weighted by molar-refractivity contribution is 0.584. The molecule has 5 heteroatoms. The zero-order valence-electron chi connectivity index (χ0n) is 11.9. The van der Waals surface area contributed by atoms with E-state index >= 15 is 0 Å². The zero-order valence-corrected chi connectivity index (χ0v) is 14.3. The fourth-order valence-electron chi connectivity index (χ4n) is 1.67. The highest BCUT2D eigenvalue weighted by atomic mass is 79.9. The van der Waals surface area contributed by atoms with Gasteiger partial charge in [-0.1, -0.05) is 29.8 Å². The van der Waals surface area contributed by atoms with Crippen LogP contribution >= 0.6 is 27.7 Å². The van der Waals surface area contributed by atoms with Gasteiger partial charge in [0.25, 0.3) is 0 Å². The summed E-state index contributed by atoms with van der Waals surface area (Å²) in [5, 5.41) is 4.24. The largest absolute Gasteiger partial charge is 0.310 e. The van der Waals surface area contributed by atoms with E-state index in [-0.39, 0.29) is 0 Å². The molecule has 0 spiro atoms. The van der Waals surface area contributed by atoms with Gasteiger partial charge >= 0.3 is 0 Å². The summed E-state index contributed by atoms with van der Waals surface area (Å²) in [5.74, 6) is 0. The van der Waals surface area contributed by atoms with Gasteiger partial charge in [-0.2, -0.15) is 0 Å². The van der Waals surface area contributed by atoms with E-state index in [0.29, 0.717) is 6.04 Å². The minimum absolute atomic E-state index is 0.460. The third-order valence-electron chi connectivity index (χ3n) is 2.70. The summed E-state index contributed by atoms with van der Waals surface area (Å²) in [6, 6.07) is 8.68. The van der Waals surface area contributed by atoms with Crippen LogP contribution in [-0.4, -0.2) is 16.0 Å². The lowest BCUT2D eigenvalue weighted by atomic mass is 10.2. The highest BCUT2D eigenvalue weighted by molar-refractivity contribution is 9.10. The van der Waals surface area contributed by atoms with E-state index in [9.17, 15) is 0 Å². The predicted molar refractivity (Wildman–Crippen MR) is 87.0 cm³/mol. The second kappa shape index (κ2) is 7.20. The van der Waals surface area contributed by atoms with Crippen molar-refractivity contribution >= 4 is 27.7 Å². The smallest absolute Gasteiger partial charge is 0.192 e. The Balaban J connectivity index is 2.21. The van der Waals surface area contributed by atoms with Gasteiger partial charge in [0.05, 0.1) is 0 Å². The molecule has 20 heavy (non-hydrogen) atoms. The van der Waals surface area contributed by atoms with Crippen LogP contribution in [0, 0.1) is 6.92 Å². The Bertz CT molecular complexity index is 587. The number of nitrogens with zero attached hydrogens (tertiary/aromatic N) is 2. The van der Waals surface area contributed by atoms with Crippen molar-refractivity contribution in [2.45, 2.75) is 43.4 Å². The minimum Gasteiger partial charge on any atom is -0.310 e. The molecule has 0 bridgehead atoms. The van der Waals surface area contributed by atoms with Gasteiger partial charge in [-0.15, -0.1) is 0 Å². The molecule has 0 fully saturated rings. The molecule has 0 aliphatic heterocycles. The van der Waals surface area contributed by atoms with Crippen molar-refractivity contribution < 1.29 is 0 Å². The monoisotopic (exact) mass is 351 g/mol. The lowest BCUT2D eigenvalue weighted by Crippen LogP contribution is -2.22. The van der Waals surface area contributed by atoms with Crippen LogP contribution < -0.4 is 5.32 Å². The molecular formula is C15H18BrN3S. The van der Waals surface area contributed by atoms with E-state index in [1.807, 2.05) is 13.0 Å². The first-order chi connectivity index (χ1) is 9.54. The molecule has 0 radical (unpaired) electrons. The third-order valence-corrected chi connectivity index (χ3v) is 4.19. The fourth-order valence-corrected chi connectivity index (χ4v) is 2.98. The molecule has 1 aromatic heterocycles. The van der Waals surface area contributed by atoms with Gasteiger partial charge in [0.15, 0.2) is 5.16 Å². The molecule has 0 aliphatic carbocycles. The highest BCUT2D eigenvalue weighted by Gasteiger charge is 2.08. The molecule has 1 aromatic carbocycles. The summed E-state index contributed by atoms with van der Waals surface area (Å²) in [6.45, 7) is 7.11. The van der Waals surface area contributed by atoms with Gasteiger partial charge in [0, 0.05) is 33.8 Å². The summed E-state index contributed by atoms with van der Waals surface area (Å²) < 4.78 is 1.09. The first-order valence-electron chi connectivity index (χ1n) is 6.54. The van der Waals surface area contributed by atoms with Gasteiger partial charge in [-0.3, -0.25) is 0 Å². The van der Waals surface area contributed by atoms with E-state index < -0.39 is 0 Å². The number of nitrogens with one attached hydrogen (secondary N) is 1. The van der Waals surface area contributed by atoms with Crippen molar-refractivity contribution in [2.24, 2.45) is 0 Å². The van der Waals surface area contributed by atoms with Crippen LogP contribution in [0.1, 0.15) is 25.1 Å². The predicted octanol–water partition coefficient (Wildman–Crippen LogP) is 4.20. The Hall–Kier alpha value is -0.910. The maximum atomic E-state index is 4.45. The standard InChI is InChI=1S/C15H18BrN3S/c1-10(2)18-9-12-8-13(16)4-5-14(12)20-15-17-7-6-11(3)19-15/h4-8,10,18H,9H2,1-3H3. The molecule has 0 atom stereocenters. The van der Waals surface area contributed by atoms with Gasteiger partial charge < -0.3 is 5.32 Å². The van der Waals surface area contributed by atoms with Crippen LogP contribution in [0.5, 0.6) is 0 Å². The second-order valence-corrected chi connectivity index (χ2v) is 6.80. The molecule has 0 saturated heterocycles. The van der Waals surface area contributed by atoms with Crippen molar-refractivity contribution in [1.82, 2.24) is 15.3 Å². The quantitative estimate of drug-likeness (QED) is 0.819. The molecule has 1 N–H and O–H groups in total. The maximum absolute atomic E-state index is 4.45. The summed E-state index contributed by atoms with van der Waals surface area (Å²) in [5.41, 5.74) is 2.24. The van der Waals surface area contributed by atoms with Crippen molar-refractivity contribution in [3.8, 4) is 0 Å². The number of hydrogen-bond donors (Lipinski definition) is 1. The van der Waals surface area contributed by atoms with E-state index in [2.05, 4.69) is 63.3 Å². The summed E-state index contributed by atoms with van der Waals surface area (Å²) in [7, 11) is 0. The Labute approximate surface area is 132 Å². The van der Waals surface area contributed by atoms with Crippen LogP contribution in [0.4, 0.5) is 0 Å². The normalized spacial score (nSPS) is 11.1. The van der Waals surface area contributed by atoms with Crippen molar-refractivity contribution in [3.63, 3.8) is 0 Å². The van der Waals surface area contributed by atoms with E-state index in [0.717, 1.165) is 21.9 Å². The van der Waals surface area contributed by atoms with Gasteiger partial charge in [0.2, 0.25) is 0 Å². The van der Waals surface area contributed by atoms with Crippen LogP contribution in [0.15, 0.2) is 45.0 Å². The first kappa shape index (κ1) is 15.5. The molecule has 0 aliphatic rings. The number of halogens is 1. The number of hydrogen-bond acceptors (Lipinski definition) is 4. The molecule has 3 nitrogen and oxygen atoms in total. The second-order valence-electron chi connectivity index (χ2n) is 4.87. The Morgan fingerprint density at radius 3 is 2.80 bits per heavy atom. The summed E-state index contributed by atoms with van der Waals surface area (Å²) in [6.07, 6.45) is 1.80. The topological polar surface area (TPSA) is 37.8 Å². The number of rotatable bonds is 5. The average Bonchev–Trinajstić information content (AvgIpc) is 2.39. The molecule has 0 amide bonds. The van der Waals surface area contributed by atoms with E-state index in [1.165, 1.54) is 10.5 Å². The van der Waals surface area contributed by atoms with Crippen LogP contribution in [0.2, 0.25) is 0 Å². The van der Waals surface area contributed by atoms with Crippen LogP contribution in [0.3, 0.4) is 0 Å².